The molecule has 170 valence electrons. The van der Waals surface area contributed by atoms with Gasteiger partial charge in [0.15, 0.2) is 5.13 Å². The number of pyridine rings is 1. The Kier molecular flexibility index (Phi) is 7.21. The van der Waals surface area contributed by atoms with Crippen LogP contribution in [0.1, 0.15) is 12.5 Å². The number of benzene rings is 2. The van der Waals surface area contributed by atoms with Gasteiger partial charge in [-0.25, -0.2) is 14.4 Å². The predicted octanol–water partition coefficient (Wildman–Crippen LogP) is 6.01. The first kappa shape index (κ1) is 23.4. The largest absolute Gasteiger partial charge is 0.497 e. The number of thiazole rings is 1. The molecule has 4 rings (SSSR count). The molecule has 0 aliphatic carbocycles. The van der Waals surface area contributed by atoms with Gasteiger partial charge in [-0.3, -0.25) is 4.79 Å². The van der Waals surface area contributed by atoms with E-state index in [0.29, 0.717) is 27.1 Å². The van der Waals surface area contributed by atoms with E-state index in [1.54, 1.807) is 43.7 Å². The third-order valence-corrected chi connectivity index (χ3v) is 6.76. The summed E-state index contributed by atoms with van der Waals surface area (Å²) < 4.78 is 18.3. The Morgan fingerprint density at radius 3 is 2.41 bits per heavy atom. The molecule has 1 atom stereocenters. The van der Waals surface area contributed by atoms with Crippen molar-refractivity contribution in [1.82, 2.24) is 9.97 Å². The third kappa shape index (κ3) is 5.42. The van der Waals surface area contributed by atoms with Crippen molar-refractivity contribution in [3.8, 4) is 34.3 Å². The van der Waals surface area contributed by atoms with Gasteiger partial charge in [-0.05, 0) is 67.6 Å². The summed E-state index contributed by atoms with van der Waals surface area (Å²) in [5.74, 6) is 0.160. The standard InChI is InChI=1S/C25H19FN4O2S2/c1-15(23(31)30-25-29-22(14-33-25)17-3-8-19(26)9-4-17)34-24-18(13-27)7-12-21(28-24)16-5-10-20(32-2)11-6-16/h3-12,14-15H,1-2H3,(H,29,30,31). The molecule has 2 heterocycles. The molecule has 0 saturated heterocycles. The van der Waals surface area contributed by atoms with Gasteiger partial charge < -0.3 is 10.1 Å². The van der Waals surface area contributed by atoms with E-state index >= 15 is 0 Å². The van der Waals surface area contributed by atoms with Gasteiger partial charge in [-0.2, -0.15) is 5.26 Å². The van der Waals surface area contributed by atoms with Crippen molar-refractivity contribution in [2.45, 2.75) is 17.2 Å². The van der Waals surface area contributed by atoms with Gasteiger partial charge in [0.05, 0.1) is 29.3 Å². The number of hydrogen-bond acceptors (Lipinski definition) is 7. The molecule has 9 heteroatoms. The van der Waals surface area contributed by atoms with E-state index in [-0.39, 0.29) is 11.7 Å². The number of nitrogens with one attached hydrogen (secondary N) is 1. The lowest BCUT2D eigenvalue weighted by Crippen LogP contribution is -2.22. The number of amides is 1. The molecule has 2 aromatic carbocycles. The number of nitriles is 1. The minimum atomic E-state index is -0.524. The molecule has 6 nitrogen and oxygen atoms in total. The van der Waals surface area contributed by atoms with E-state index in [0.717, 1.165) is 16.9 Å². The van der Waals surface area contributed by atoms with Crippen LogP contribution < -0.4 is 10.1 Å². The SMILES string of the molecule is COc1ccc(-c2ccc(C#N)c(SC(C)C(=O)Nc3nc(-c4ccc(F)cc4)cs3)n2)cc1. The highest BCUT2D eigenvalue weighted by Crippen LogP contribution is 2.30. The van der Waals surface area contributed by atoms with Crippen molar-refractivity contribution in [2.75, 3.05) is 12.4 Å². The average Bonchev–Trinajstić information content (AvgIpc) is 3.32. The Morgan fingerprint density at radius 2 is 1.74 bits per heavy atom. The summed E-state index contributed by atoms with van der Waals surface area (Å²) in [7, 11) is 1.60. The molecule has 0 aliphatic heterocycles. The van der Waals surface area contributed by atoms with Gasteiger partial charge >= 0.3 is 0 Å². The second-order valence-electron chi connectivity index (χ2n) is 7.18. The first-order valence-corrected chi connectivity index (χ1v) is 12.0. The molecule has 0 radical (unpaired) electrons. The zero-order chi connectivity index (χ0) is 24.1. The number of nitrogens with zero attached hydrogens (tertiary/aromatic N) is 3. The molecule has 34 heavy (non-hydrogen) atoms. The van der Waals surface area contributed by atoms with Gasteiger partial charge in [0.1, 0.15) is 22.7 Å². The Hall–Kier alpha value is -3.74. The highest BCUT2D eigenvalue weighted by molar-refractivity contribution is 8.00. The molecular weight excluding hydrogens is 471 g/mol. The number of ether oxygens (including phenoxy) is 1. The predicted molar refractivity (Wildman–Crippen MR) is 132 cm³/mol. The second kappa shape index (κ2) is 10.5. The summed E-state index contributed by atoms with van der Waals surface area (Å²) in [5, 5.41) is 14.5. The number of carbonyl (C=O) groups is 1. The van der Waals surface area contributed by atoms with Crippen molar-refractivity contribution in [3.63, 3.8) is 0 Å². The lowest BCUT2D eigenvalue weighted by molar-refractivity contribution is -0.115. The molecule has 0 fully saturated rings. The van der Waals surface area contributed by atoms with Crippen molar-refractivity contribution in [1.29, 1.82) is 5.26 Å². The quantitative estimate of drug-likeness (QED) is 0.319. The molecule has 0 aliphatic rings. The number of hydrogen-bond donors (Lipinski definition) is 1. The maximum absolute atomic E-state index is 13.1. The van der Waals surface area contributed by atoms with E-state index in [2.05, 4.69) is 21.4 Å². The van der Waals surface area contributed by atoms with E-state index < -0.39 is 5.25 Å². The number of carbonyl (C=O) groups excluding carboxylic acids is 1. The molecule has 1 N–H and O–H groups in total. The number of aromatic nitrogens is 2. The summed E-state index contributed by atoms with van der Waals surface area (Å²) in [6, 6.07) is 19.1. The van der Waals surface area contributed by atoms with Crippen LogP contribution in [0.5, 0.6) is 5.75 Å². The van der Waals surface area contributed by atoms with Crippen LogP contribution in [0.25, 0.3) is 22.5 Å². The number of methoxy groups -OCH3 is 1. The third-order valence-electron chi connectivity index (χ3n) is 4.90. The Balaban J connectivity index is 1.47. The van der Waals surface area contributed by atoms with Crippen LogP contribution in [-0.2, 0) is 4.79 Å². The van der Waals surface area contributed by atoms with Crippen LogP contribution in [0.3, 0.4) is 0 Å². The van der Waals surface area contributed by atoms with Crippen LogP contribution in [-0.4, -0.2) is 28.2 Å². The van der Waals surface area contributed by atoms with E-state index in [9.17, 15) is 14.4 Å². The zero-order valence-corrected chi connectivity index (χ0v) is 19.9. The van der Waals surface area contributed by atoms with Gasteiger partial charge in [0, 0.05) is 16.5 Å². The van der Waals surface area contributed by atoms with Crippen molar-refractivity contribution in [3.05, 3.63) is 77.4 Å². The van der Waals surface area contributed by atoms with Crippen molar-refractivity contribution in [2.24, 2.45) is 0 Å². The first-order valence-electron chi connectivity index (χ1n) is 10.2. The number of rotatable bonds is 7. The van der Waals surface area contributed by atoms with Crippen LogP contribution in [0.4, 0.5) is 9.52 Å². The van der Waals surface area contributed by atoms with Crippen LogP contribution in [0, 0.1) is 17.1 Å². The topological polar surface area (TPSA) is 87.9 Å². The normalized spacial score (nSPS) is 11.5. The highest BCUT2D eigenvalue weighted by atomic mass is 32.2. The molecule has 0 saturated carbocycles. The summed E-state index contributed by atoms with van der Waals surface area (Å²) >= 11 is 2.49. The summed E-state index contributed by atoms with van der Waals surface area (Å²) in [6.07, 6.45) is 0. The van der Waals surface area contributed by atoms with Gasteiger partial charge in [-0.15, -0.1) is 11.3 Å². The minimum Gasteiger partial charge on any atom is -0.497 e. The Morgan fingerprint density at radius 1 is 1.06 bits per heavy atom. The molecule has 1 unspecified atom stereocenters. The van der Waals surface area contributed by atoms with Crippen molar-refractivity contribution >= 4 is 34.1 Å². The Bertz CT molecular complexity index is 1350. The number of thioether (sulfide) groups is 1. The van der Waals surface area contributed by atoms with Crippen LogP contribution >= 0.6 is 23.1 Å². The van der Waals surface area contributed by atoms with E-state index in [1.165, 1.54) is 35.2 Å². The Labute approximate surface area is 204 Å². The fraction of sp³-hybridized carbons (Fsp3) is 0.120. The second-order valence-corrected chi connectivity index (χ2v) is 9.37. The summed E-state index contributed by atoms with van der Waals surface area (Å²) in [6.45, 7) is 1.75. The first-order chi connectivity index (χ1) is 16.5. The maximum atomic E-state index is 13.1. The average molecular weight is 491 g/mol. The molecule has 0 bridgehead atoms. The molecular formula is C25H19FN4O2S2. The summed E-state index contributed by atoms with van der Waals surface area (Å²) in [4.78, 5) is 21.8. The van der Waals surface area contributed by atoms with Gasteiger partial charge in [0.2, 0.25) is 5.91 Å². The lowest BCUT2D eigenvalue weighted by Gasteiger charge is -2.12. The van der Waals surface area contributed by atoms with Gasteiger partial charge in [0.25, 0.3) is 0 Å². The van der Waals surface area contributed by atoms with Crippen LogP contribution in [0.15, 0.2) is 71.1 Å². The fourth-order valence-electron chi connectivity index (χ4n) is 3.05. The monoisotopic (exact) mass is 490 g/mol. The van der Waals surface area contributed by atoms with Gasteiger partial charge in [-0.1, -0.05) is 11.8 Å². The summed E-state index contributed by atoms with van der Waals surface area (Å²) in [5.41, 5.74) is 3.38. The molecule has 0 spiro atoms. The number of anilines is 1. The number of halogens is 1. The smallest absolute Gasteiger partial charge is 0.239 e. The lowest BCUT2D eigenvalue weighted by atomic mass is 10.1. The van der Waals surface area contributed by atoms with E-state index in [4.69, 9.17) is 4.74 Å². The van der Waals surface area contributed by atoms with Crippen molar-refractivity contribution < 1.29 is 13.9 Å². The molecule has 1 amide bonds. The van der Waals surface area contributed by atoms with E-state index in [1.807, 2.05) is 24.3 Å². The molecule has 2 aromatic heterocycles. The zero-order valence-electron chi connectivity index (χ0n) is 18.3. The van der Waals surface area contributed by atoms with Crippen LogP contribution in [0.2, 0.25) is 0 Å². The highest BCUT2D eigenvalue weighted by Gasteiger charge is 2.19. The maximum Gasteiger partial charge on any atom is 0.239 e. The molecule has 4 aromatic rings. The minimum absolute atomic E-state index is 0.259. The fourth-order valence-corrected chi connectivity index (χ4v) is 4.67.